The van der Waals surface area contributed by atoms with Gasteiger partial charge >= 0.3 is 0 Å². The van der Waals surface area contributed by atoms with Crippen LogP contribution in [-0.4, -0.2) is 21.1 Å². The predicted molar refractivity (Wildman–Crippen MR) is 48.6 cm³/mol. The molecular weight excluding hydrogens is 172 g/mol. The summed E-state index contributed by atoms with van der Waals surface area (Å²) in [6.07, 6.45) is 3.36. The molecule has 0 aliphatic heterocycles. The topological polar surface area (TPSA) is 45.8 Å². The van der Waals surface area contributed by atoms with E-state index in [1.54, 1.807) is 12.4 Å². The lowest BCUT2D eigenvalue weighted by Crippen LogP contribution is -1.81. The van der Waals surface area contributed by atoms with E-state index in [0.29, 0.717) is 5.75 Å². The first-order valence-corrected chi connectivity index (χ1v) is 4.38. The number of nitrogens with one attached hydrogen (secondary N) is 1. The molecule has 62 valence electrons. The third kappa shape index (κ3) is 3.26. The molecule has 0 aliphatic rings. The molecule has 1 rings (SSSR count). The number of carbonyl (C=O) groups is 1. The van der Waals surface area contributed by atoms with Crippen molar-refractivity contribution < 1.29 is 4.79 Å². The lowest BCUT2D eigenvalue weighted by atomic mass is 10.4. The van der Waals surface area contributed by atoms with Crippen LogP contribution in [0.4, 0.5) is 0 Å². The molecule has 0 unspecified atom stereocenters. The Bertz CT molecular complexity index is 308. The maximum atomic E-state index is 10.5. The Morgan fingerprint density at radius 2 is 2.67 bits per heavy atom. The summed E-state index contributed by atoms with van der Waals surface area (Å²) in [5, 5.41) is 6.48. The zero-order valence-electron chi connectivity index (χ0n) is 6.63. The van der Waals surface area contributed by atoms with Crippen molar-refractivity contribution in [1.82, 2.24) is 10.2 Å². The lowest BCUT2D eigenvalue weighted by Gasteiger charge is -1.83. The van der Waals surface area contributed by atoms with E-state index in [4.69, 9.17) is 0 Å². The fourth-order valence-corrected chi connectivity index (χ4v) is 0.943. The van der Waals surface area contributed by atoms with Gasteiger partial charge in [0, 0.05) is 13.1 Å². The molecule has 0 aromatic carbocycles. The van der Waals surface area contributed by atoms with Gasteiger partial charge in [-0.05, 0) is 0 Å². The summed E-state index contributed by atoms with van der Waals surface area (Å²) < 4.78 is 0. The highest BCUT2D eigenvalue weighted by molar-refractivity contribution is 8.13. The van der Waals surface area contributed by atoms with Gasteiger partial charge in [-0.15, -0.1) is 0 Å². The van der Waals surface area contributed by atoms with Crippen LogP contribution in [0.15, 0.2) is 12.4 Å². The van der Waals surface area contributed by atoms with Gasteiger partial charge in [-0.25, -0.2) is 0 Å². The maximum Gasteiger partial charge on any atom is 0.186 e. The van der Waals surface area contributed by atoms with Crippen LogP contribution in [0.25, 0.3) is 0 Å². The van der Waals surface area contributed by atoms with Crippen LogP contribution in [0.2, 0.25) is 0 Å². The van der Waals surface area contributed by atoms with Gasteiger partial charge in [0.2, 0.25) is 0 Å². The molecule has 3 nitrogen and oxygen atoms in total. The highest BCUT2D eigenvalue weighted by Crippen LogP contribution is 1.98. The van der Waals surface area contributed by atoms with Gasteiger partial charge in [0.05, 0.1) is 17.5 Å². The van der Waals surface area contributed by atoms with Crippen LogP contribution in [-0.2, 0) is 4.79 Å². The standard InChI is InChI=1S/C8H8N2OS/c1-7(11)12-4-2-3-8-5-9-10-6-8/h5-6H,4H2,1H3,(H,9,10). The predicted octanol–water partition coefficient (Wildman–Crippen LogP) is 1.04. The van der Waals surface area contributed by atoms with E-state index < -0.39 is 0 Å². The Hall–Kier alpha value is -1.21. The highest BCUT2D eigenvalue weighted by Gasteiger charge is 1.89. The summed E-state index contributed by atoms with van der Waals surface area (Å²) in [4.78, 5) is 10.5. The molecule has 1 aromatic heterocycles. The van der Waals surface area contributed by atoms with E-state index in [1.807, 2.05) is 0 Å². The smallest absolute Gasteiger partial charge is 0.186 e. The first-order chi connectivity index (χ1) is 5.79. The summed E-state index contributed by atoms with van der Waals surface area (Å²) in [5.41, 5.74) is 0.846. The van der Waals surface area contributed by atoms with Crippen molar-refractivity contribution in [1.29, 1.82) is 0 Å². The second-order valence-corrected chi connectivity index (χ2v) is 3.22. The Morgan fingerprint density at radius 1 is 1.83 bits per heavy atom. The normalized spacial score (nSPS) is 8.75. The van der Waals surface area contributed by atoms with Crippen molar-refractivity contribution in [3.63, 3.8) is 0 Å². The fourth-order valence-electron chi connectivity index (χ4n) is 0.595. The van der Waals surface area contributed by atoms with Crippen molar-refractivity contribution in [2.24, 2.45) is 0 Å². The molecule has 0 saturated carbocycles. The number of thioether (sulfide) groups is 1. The molecule has 0 spiro atoms. The molecule has 0 amide bonds. The van der Waals surface area contributed by atoms with Crippen LogP contribution >= 0.6 is 11.8 Å². The van der Waals surface area contributed by atoms with Crippen molar-refractivity contribution in [3.05, 3.63) is 18.0 Å². The van der Waals surface area contributed by atoms with Gasteiger partial charge in [-0.2, -0.15) is 5.10 Å². The quantitative estimate of drug-likeness (QED) is 0.657. The zero-order chi connectivity index (χ0) is 8.81. The first kappa shape index (κ1) is 8.88. The molecule has 0 aliphatic carbocycles. The third-order valence-corrected chi connectivity index (χ3v) is 1.77. The van der Waals surface area contributed by atoms with Gasteiger partial charge < -0.3 is 0 Å². The second-order valence-electron chi connectivity index (χ2n) is 2.07. The summed E-state index contributed by atoms with van der Waals surface area (Å²) in [7, 11) is 0. The number of aromatic amines is 1. The third-order valence-electron chi connectivity index (χ3n) is 1.08. The van der Waals surface area contributed by atoms with E-state index in [-0.39, 0.29) is 5.12 Å². The van der Waals surface area contributed by atoms with Gasteiger partial charge in [0.1, 0.15) is 0 Å². The minimum absolute atomic E-state index is 0.0940. The number of H-pyrrole nitrogens is 1. The molecule has 0 fully saturated rings. The molecule has 0 radical (unpaired) electrons. The summed E-state index contributed by atoms with van der Waals surface area (Å²) >= 11 is 1.21. The Kier molecular flexibility index (Phi) is 3.42. The van der Waals surface area contributed by atoms with Gasteiger partial charge in [-0.1, -0.05) is 23.6 Å². The molecule has 0 saturated heterocycles. The van der Waals surface area contributed by atoms with Crippen LogP contribution in [0.3, 0.4) is 0 Å². The Morgan fingerprint density at radius 3 is 3.25 bits per heavy atom. The molecule has 12 heavy (non-hydrogen) atoms. The zero-order valence-corrected chi connectivity index (χ0v) is 7.44. The number of rotatable bonds is 1. The summed E-state index contributed by atoms with van der Waals surface area (Å²) in [6.45, 7) is 1.53. The van der Waals surface area contributed by atoms with E-state index in [2.05, 4.69) is 22.0 Å². The van der Waals surface area contributed by atoms with E-state index in [1.165, 1.54) is 18.7 Å². The van der Waals surface area contributed by atoms with Crippen molar-refractivity contribution in [2.75, 3.05) is 5.75 Å². The number of nitrogens with zero attached hydrogens (tertiary/aromatic N) is 1. The Balaban J connectivity index is 2.35. The number of hydrogen-bond donors (Lipinski definition) is 1. The van der Waals surface area contributed by atoms with Crippen molar-refractivity contribution in [3.8, 4) is 11.8 Å². The highest BCUT2D eigenvalue weighted by atomic mass is 32.2. The minimum Gasteiger partial charge on any atom is -0.288 e. The van der Waals surface area contributed by atoms with Gasteiger partial charge in [-0.3, -0.25) is 9.89 Å². The molecular formula is C8H8N2OS. The largest absolute Gasteiger partial charge is 0.288 e. The summed E-state index contributed by atoms with van der Waals surface area (Å²) in [5.74, 6) is 6.26. The lowest BCUT2D eigenvalue weighted by molar-refractivity contribution is -0.109. The average molecular weight is 180 g/mol. The molecule has 0 atom stereocenters. The number of aromatic nitrogens is 2. The van der Waals surface area contributed by atoms with Crippen LogP contribution < -0.4 is 0 Å². The van der Waals surface area contributed by atoms with Crippen molar-refractivity contribution in [2.45, 2.75) is 6.92 Å². The molecule has 1 aromatic rings. The fraction of sp³-hybridized carbons (Fsp3) is 0.250. The molecule has 1 N–H and O–H groups in total. The SMILES string of the molecule is CC(=O)SCC#Cc1cn[nH]c1. The number of hydrogen-bond acceptors (Lipinski definition) is 3. The van der Waals surface area contributed by atoms with E-state index >= 15 is 0 Å². The van der Waals surface area contributed by atoms with Gasteiger partial charge in [0.25, 0.3) is 0 Å². The molecule has 1 heterocycles. The van der Waals surface area contributed by atoms with Crippen molar-refractivity contribution >= 4 is 16.9 Å². The first-order valence-electron chi connectivity index (χ1n) is 3.40. The van der Waals surface area contributed by atoms with Gasteiger partial charge in [0.15, 0.2) is 5.12 Å². The average Bonchev–Trinajstić information content (AvgIpc) is 2.49. The minimum atomic E-state index is 0.0940. The number of carbonyl (C=O) groups excluding carboxylic acids is 1. The molecule has 0 bridgehead atoms. The summed E-state index contributed by atoms with van der Waals surface area (Å²) in [6, 6.07) is 0. The van der Waals surface area contributed by atoms with E-state index in [0.717, 1.165) is 5.56 Å². The van der Waals surface area contributed by atoms with Crippen LogP contribution in [0, 0.1) is 11.8 Å². The van der Waals surface area contributed by atoms with E-state index in [9.17, 15) is 4.79 Å². The Labute approximate surface area is 74.9 Å². The van der Waals surface area contributed by atoms with Crippen LogP contribution in [0.1, 0.15) is 12.5 Å². The second kappa shape index (κ2) is 4.62. The maximum absolute atomic E-state index is 10.5. The molecule has 4 heteroatoms. The monoisotopic (exact) mass is 180 g/mol. The van der Waals surface area contributed by atoms with Crippen LogP contribution in [0.5, 0.6) is 0 Å².